The largest absolute Gasteiger partial charge is 0.507 e. The first kappa shape index (κ1) is 18.1. The number of carbonyl (C=O) groups excluding carboxylic acids is 1. The van der Waals surface area contributed by atoms with Crippen LogP contribution in [0.1, 0.15) is 35.3 Å². The number of ketones is 1. The molecule has 3 rings (SSSR count). The minimum Gasteiger partial charge on any atom is -0.507 e. The zero-order valence-electron chi connectivity index (χ0n) is 14.7. The van der Waals surface area contributed by atoms with Crippen LogP contribution >= 0.6 is 11.6 Å². The van der Waals surface area contributed by atoms with Gasteiger partial charge in [-0.05, 0) is 49.8 Å². The summed E-state index contributed by atoms with van der Waals surface area (Å²) in [5.74, 6) is 0.253. The van der Waals surface area contributed by atoms with Crippen molar-refractivity contribution in [3.05, 3.63) is 64.2 Å². The van der Waals surface area contributed by atoms with E-state index >= 15 is 0 Å². The lowest BCUT2D eigenvalue weighted by Gasteiger charge is -2.30. The number of benzene rings is 2. The van der Waals surface area contributed by atoms with Crippen LogP contribution in [-0.2, 0) is 0 Å². The van der Waals surface area contributed by atoms with Crippen molar-refractivity contribution in [3.63, 3.8) is 0 Å². The Morgan fingerprint density at radius 1 is 1.31 bits per heavy atom. The molecule has 0 bridgehead atoms. The summed E-state index contributed by atoms with van der Waals surface area (Å²) in [5.41, 5.74) is 0.851. The number of hydrogen-bond acceptors (Lipinski definition) is 4. The van der Waals surface area contributed by atoms with Crippen molar-refractivity contribution in [1.82, 2.24) is 0 Å². The molecule has 2 aromatic carbocycles. The maximum absolute atomic E-state index is 12.9. The van der Waals surface area contributed by atoms with Gasteiger partial charge in [-0.2, -0.15) is 0 Å². The maximum atomic E-state index is 12.9. The summed E-state index contributed by atoms with van der Waals surface area (Å²) in [7, 11) is 1.44. The molecule has 0 fully saturated rings. The summed E-state index contributed by atoms with van der Waals surface area (Å²) >= 11 is 6.13. The standard InChI is InChI=1S/C21H19ClO4/c1-21(2)11-10-14-17(24)12-18(25-3)19(20(14)26-21)16(23)9-8-13-6-4-5-7-15(13)22/h4-12,24H,1-3H3/b9-8+. The molecule has 0 radical (unpaired) electrons. The van der Waals surface area contributed by atoms with Crippen molar-refractivity contribution in [3.8, 4) is 17.2 Å². The molecule has 0 atom stereocenters. The number of hydrogen-bond donors (Lipinski definition) is 1. The number of rotatable bonds is 4. The first-order valence-electron chi connectivity index (χ1n) is 8.11. The number of methoxy groups -OCH3 is 1. The third-order valence-corrected chi connectivity index (χ3v) is 4.41. The van der Waals surface area contributed by atoms with E-state index in [0.717, 1.165) is 5.56 Å². The zero-order chi connectivity index (χ0) is 18.9. The molecule has 0 spiro atoms. The van der Waals surface area contributed by atoms with Crippen molar-refractivity contribution < 1.29 is 19.4 Å². The summed E-state index contributed by atoms with van der Waals surface area (Å²) in [6.45, 7) is 3.74. The number of aromatic hydroxyl groups is 1. The number of fused-ring (bicyclic) bond motifs is 1. The van der Waals surface area contributed by atoms with Gasteiger partial charge in [0.05, 0.1) is 12.7 Å². The Hall–Kier alpha value is -2.72. The second-order valence-corrected chi connectivity index (χ2v) is 6.88. The SMILES string of the molecule is COc1cc(O)c2c(c1C(=O)/C=C/c1ccccc1Cl)OC(C)(C)C=C2. The molecule has 4 nitrogen and oxygen atoms in total. The molecule has 0 saturated heterocycles. The molecule has 134 valence electrons. The van der Waals surface area contributed by atoms with Gasteiger partial charge in [-0.15, -0.1) is 0 Å². The first-order valence-corrected chi connectivity index (χ1v) is 8.49. The predicted molar refractivity (Wildman–Crippen MR) is 103 cm³/mol. The molecule has 0 aromatic heterocycles. The van der Waals surface area contributed by atoms with Crippen LogP contribution in [0.4, 0.5) is 0 Å². The van der Waals surface area contributed by atoms with Crippen LogP contribution < -0.4 is 9.47 Å². The van der Waals surface area contributed by atoms with Crippen molar-refractivity contribution in [2.45, 2.75) is 19.4 Å². The topological polar surface area (TPSA) is 55.8 Å². The van der Waals surface area contributed by atoms with Gasteiger partial charge in [0.15, 0.2) is 5.78 Å². The molecule has 5 heteroatoms. The van der Waals surface area contributed by atoms with Crippen molar-refractivity contribution in [2.24, 2.45) is 0 Å². The van der Waals surface area contributed by atoms with Crippen LogP contribution in [-0.4, -0.2) is 23.6 Å². The zero-order valence-corrected chi connectivity index (χ0v) is 15.5. The minimum absolute atomic E-state index is 0.00441. The number of halogens is 1. The molecular formula is C21H19ClO4. The van der Waals surface area contributed by atoms with Gasteiger partial charge >= 0.3 is 0 Å². The molecule has 1 N–H and O–H groups in total. The molecule has 0 saturated carbocycles. The van der Waals surface area contributed by atoms with E-state index in [0.29, 0.717) is 16.3 Å². The van der Waals surface area contributed by atoms with Crippen LogP contribution in [0.2, 0.25) is 5.02 Å². The normalized spacial score (nSPS) is 14.8. The fourth-order valence-electron chi connectivity index (χ4n) is 2.74. The van der Waals surface area contributed by atoms with Gasteiger partial charge in [0, 0.05) is 11.1 Å². The fourth-order valence-corrected chi connectivity index (χ4v) is 2.94. The van der Waals surface area contributed by atoms with E-state index in [4.69, 9.17) is 21.1 Å². The van der Waals surface area contributed by atoms with Gasteiger partial charge in [-0.3, -0.25) is 4.79 Å². The van der Waals surface area contributed by atoms with Gasteiger partial charge < -0.3 is 14.6 Å². The number of allylic oxidation sites excluding steroid dienone is 1. The summed E-state index contributed by atoms with van der Waals surface area (Å²) in [4.78, 5) is 12.9. The highest BCUT2D eigenvalue weighted by Gasteiger charge is 2.30. The van der Waals surface area contributed by atoms with E-state index in [1.807, 2.05) is 38.1 Å². The van der Waals surface area contributed by atoms with Crippen LogP contribution in [0, 0.1) is 0 Å². The second-order valence-electron chi connectivity index (χ2n) is 6.47. The lowest BCUT2D eigenvalue weighted by molar-refractivity contribution is 0.103. The molecule has 1 aliphatic rings. The Bertz CT molecular complexity index is 926. The maximum Gasteiger partial charge on any atom is 0.193 e. The van der Waals surface area contributed by atoms with Crippen molar-refractivity contribution >= 4 is 29.5 Å². The number of phenolic OH excluding ortho intramolecular Hbond substituents is 1. The monoisotopic (exact) mass is 370 g/mol. The van der Waals surface area contributed by atoms with Crippen molar-refractivity contribution in [2.75, 3.05) is 7.11 Å². The summed E-state index contributed by atoms with van der Waals surface area (Å²) < 4.78 is 11.3. The first-order chi connectivity index (χ1) is 12.3. The summed E-state index contributed by atoms with van der Waals surface area (Å²) in [6, 6.07) is 8.66. The highest BCUT2D eigenvalue weighted by atomic mass is 35.5. The van der Waals surface area contributed by atoms with E-state index in [1.54, 1.807) is 18.2 Å². The number of ether oxygens (including phenoxy) is 2. The summed E-state index contributed by atoms with van der Waals surface area (Å²) in [5, 5.41) is 10.8. The third-order valence-electron chi connectivity index (χ3n) is 4.06. The number of carbonyl (C=O) groups is 1. The molecule has 0 unspecified atom stereocenters. The lowest BCUT2D eigenvalue weighted by atomic mass is 9.96. The Kier molecular flexibility index (Phi) is 4.79. The van der Waals surface area contributed by atoms with Crippen molar-refractivity contribution in [1.29, 1.82) is 0 Å². The van der Waals surface area contributed by atoms with Gasteiger partial charge in [0.1, 0.15) is 28.4 Å². The Balaban J connectivity index is 2.08. The molecule has 26 heavy (non-hydrogen) atoms. The van der Waals surface area contributed by atoms with E-state index in [-0.39, 0.29) is 22.8 Å². The Morgan fingerprint density at radius 2 is 2.04 bits per heavy atom. The van der Waals surface area contributed by atoms with E-state index in [1.165, 1.54) is 19.3 Å². The van der Waals surface area contributed by atoms with Gasteiger partial charge in [-0.25, -0.2) is 0 Å². The van der Waals surface area contributed by atoms with Gasteiger partial charge in [-0.1, -0.05) is 29.8 Å². The highest BCUT2D eigenvalue weighted by molar-refractivity contribution is 6.32. The Labute approximate surface area is 157 Å². The second kappa shape index (κ2) is 6.89. The molecule has 2 aromatic rings. The molecule has 0 amide bonds. The van der Waals surface area contributed by atoms with E-state index in [9.17, 15) is 9.90 Å². The average molecular weight is 371 g/mol. The van der Waals surface area contributed by atoms with Crippen LogP contribution in [0.5, 0.6) is 17.2 Å². The minimum atomic E-state index is -0.604. The van der Waals surface area contributed by atoms with Crippen LogP contribution in [0.3, 0.4) is 0 Å². The van der Waals surface area contributed by atoms with E-state index < -0.39 is 5.60 Å². The average Bonchev–Trinajstić information content (AvgIpc) is 2.59. The van der Waals surface area contributed by atoms with Crippen LogP contribution in [0.15, 0.2) is 42.5 Å². The quantitative estimate of drug-likeness (QED) is 0.598. The van der Waals surface area contributed by atoms with Gasteiger partial charge in [0.25, 0.3) is 0 Å². The van der Waals surface area contributed by atoms with Crippen LogP contribution in [0.25, 0.3) is 12.2 Å². The Morgan fingerprint density at radius 3 is 2.73 bits per heavy atom. The number of phenols is 1. The molecule has 1 heterocycles. The molecule has 0 aliphatic carbocycles. The smallest absolute Gasteiger partial charge is 0.193 e. The van der Waals surface area contributed by atoms with Gasteiger partial charge in [0.2, 0.25) is 0 Å². The predicted octanol–water partition coefficient (Wildman–Crippen LogP) is 5.13. The summed E-state index contributed by atoms with van der Waals surface area (Å²) in [6.07, 6.45) is 6.65. The third kappa shape index (κ3) is 3.46. The highest BCUT2D eigenvalue weighted by Crippen LogP contribution is 2.44. The lowest BCUT2D eigenvalue weighted by Crippen LogP contribution is -2.28. The fraction of sp³-hybridized carbons (Fsp3) is 0.190. The van der Waals surface area contributed by atoms with E-state index in [2.05, 4.69) is 0 Å². The molecule has 1 aliphatic heterocycles. The molecular weight excluding hydrogens is 352 g/mol.